The molecule has 0 fully saturated rings. The zero-order valence-corrected chi connectivity index (χ0v) is 10.5. The van der Waals surface area contributed by atoms with Gasteiger partial charge in [-0.05, 0) is 17.7 Å². The molecule has 0 aliphatic carbocycles. The summed E-state index contributed by atoms with van der Waals surface area (Å²) in [5, 5.41) is 0. The van der Waals surface area contributed by atoms with Gasteiger partial charge >= 0.3 is 0 Å². The number of hydrogen-bond donors (Lipinski definition) is 2. The van der Waals surface area contributed by atoms with Gasteiger partial charge in [0.05, 0.1) is 0 Å². The zero-order valence-electron chi connectivity index (χ0n) is 8.93. The molecule has 0 saturated heterocycles. The predicted molar refractivity (Wildman–Crippen MR) is 69.3 cm³/mol. The molecule has 0 atom stereocenters. The molecule has 1 aromatic heterocycles. The van der Waals surface area contributed by atoms with Gasteiger partial charge in [0.2, 0.25) is 11.8 Å². The van der Waals surface area contributed by atoms with E-state index in [2.05, 4.69) is 25.9 Å². The van der Waals surface area contributed by atoms with E-state index < -0.39 is 0 Å². The second kappa shape index (κ2) is 5.01. The lowest BCUT2D eigenvalue weighted by Crippen LogP contribution is -2.03. The van der Waals surface area contributed by atoms with E-state index in [0.717, 1.165) is 10.0 Å². The van der Waals surface area contributed by atoms with Gasteiger partial charge in [0.25, 0.3) is 0 Å². The second-order valence-electron chi connectivity index (χ2n) is 3.41. The van der Waals surface area contributed by atoms with Crippen molar-refractivity contribution >= 4 is 27.7 Å². The third-order valence-electron chi connectivity index (χ3n) is 2.02. The molecule has 5 nitrogen and oxygen atoms in total. The summed E-state index contributed by atoms with van der Waals surface area (Å²) in [6.45, 7) is 0.398. The van der Waals surface area contributed by atoms with Crippen LogP contribution < -0.4 is 16.2 Å². The number of ether oxygens (including phenoxy) is 1. The predicted octanol–water partition coefficient (Wildman–Crippen LogP) is 1.98. The Balaban J connectivity index is 2.07. The van der Waals surface area contributed by atoms with Crippen molar-refractivity contribution in [2.24, 2.45) is 0 Å². The number of nitrogen functional groups attached to an aromatic ring is 2. The minimum absolute atomic E-state index is 0.106. The van der Waals surface area contributed by atoms with Crippen LogP contribution in [0.3, 0.4) is 0 Å². The van der Waals surface area contributed by atoms with Crippen molar-refractivity contribution in [3.63, 3.8) is 0 Å². The largest absolute Gasteiger partial charge is 0.473 e. The average Bonchev–Trinajstić information content (AvgIpc) is 2.25. The molecule has 1 aromatic carbocycles. The van der Waals surface area contributed by atoms with Gasteiger partial charge < -0.3 is 16.2 Å². The minimum atomic E-state index is 0.106. The Labute approximate surface area is 107 Å². The lowest BCUT2D eigenvalue weighted by molar-refractivity contribution is 0.294. The minimum Gasteiger partial charge on any atom is -0.473 e. The van der Waals surface area contributed by atoms with E-state index in [0.29, 0.717) is 18.3 Å². The summed E-state index contributed by atoms with van der Waals surface area (Å²) in [5.74, 6) is 0.769. The van der Waals surface area contributed by atoms with Gasteiger partial charge in [-0.15, -0.1) is 0 Å². The maximum absolute atomic E-state index is 5.53. The summed E-state index contributed by atoms with van der Waals surface area (Å²) < 4.78 is 6.48. The first-order valence-corrected chi connectivity index (χ1v) is 5.70. The molecule has 0 bridgehead atoms. The summed E-state index contributed by atoms with van der Waals surface area (Å²) in [6, 6.07) is 9.34. The first-order valence-electron chi connectivity index (χ1n) is 4.91. The highest BCUT2D eigenvalue weighted by Crippen LogP contribution is 2.16. The highest BCUT2D eigenvalue weighted by Gasteiger charge is 2.01. The van der Waals surface area contributed by atoms with Crippen molar-refractivity contribution in [3.05, 3.63) is 40.4 Å². The van der Waals surface area contributed by atoms with E-state index in [-0.39, 0.29) is 5.95 Å². The van der Waals surface area contributed by atoms with Crippen molar-refractivity contribution in [1.29, 1.82) is 0 Å². The third-order valence-corrected chi connectivity index (χ3v) is 2.51. The van der Waals surface area contributed by atoms with Gasteiger partial charge in [0.15, 0.2) is 0 Å². The van der Waals surface area contributed by atoms with Crippen molar-refractivity contribution < 1.29 is 4.74 Å². The van der Waals surface area contributed by atoms with E-state index in [9.17, 15) is 0 Å². The molecule has 17 heavy (non-hydrogen) atoms. The van der Waals surface area contributed by atoms with Crippen LogP contribution in [0.5, 0.6) is 5.88 Å². The molecule has 0 spiro atoms. The first-order chi connectivity index (χ1) is 8.13. The van der Waals surface area contributed by atoms with Crippen molar-refractivity contribution in [2.45, 2.75) is 6.61 Å². The number of halogens is 1. The molecular weight excluding hydrogens is 284 g/mol. The topological polar surface area (TPSA) is 87.0 Å². The molecule has 0 unspecified atom stereocenters. The quantitative estimate of drug-likeness (QED) is 0.904. The highest BCUT2D eigenvalue weighted by atomic mass is 79.9. The van der Waals surface area contributed by atoms with E-state index in [1.165, 1.54) is 6.07 Å². The van der Waals surface area contributed by atoms with Gasteiger partial charge in [-0.1, -0.05) is 28.1 Å². The number of benzene rings is 1. The smallest absolute Gasteiger partial charge is 0.225 e. The van der Waals surface area contributed by atoms with E-state index in [1.54, 1.807) is 0 Å². The normalized spacial score (nSPS) is 10.2. The van der Waals surface area contributed by atoms with Crippen LogP contribution >= 0.6 is 15.9 Å². The molecule has 0 saturated carbocycles. The van der Waals surface area contributed by atoms with Crippen LogP contribution in [0.15, 0.2) is 34.8 Å². The Hall–Kier alpha value is -1.82. The molecule has 2 aromatic rings. The molecule has 0 amide bonds. The molecule has 0 aliphatic heterocycles. The SMILES string of the molecule is Nc1cc(OCc2cccc(Br)c2)nc(N)n1. The van der Waals surface area contributed by atoms with Crippen LogP contribution in [-0.4, -0.2) is 9.97 Å². The number of anilines is 2. The summed E-state index contributed by atoms with van der Waals surface area (Å²) in [5.41, 5.74) is 12.0. The standard InChI is InChI=1S/C11H11BrN4O/c12-8-3-1-2-7(4-8)6-17-10-5-9(13)15-11(14)16-10/h1-5H,6H2,(H4,13,14,15,16). The molecule has 2 rings (SSSR count). The summed E-state index contributed by atoms with van der Waals surface area (Å²) in [7, 11) is 0. The Kier molecular flexibility index (Phi) is 3.43. The van der Waals surface area contributed by atoms with E-state index in [4.69, 9.17) is 16.2 Å². The molecule has 0 aliphatic rings. The van der Waals surface area contributed by atoms with Crippen LogP contribution in [0.1, 0.15) is 5.56 Å². The fourth-order valence-electron chi connectivity index (χ4n) is 1.32. The fourth-order valence-corrected chi connectivity index (χ4v) is 1.77. The Bertz CT molecular complexity index is 512. The fraction of sp³-hybridized carbons (Fsp3) is 0.0909. The Morgan fingerprint density at radius 1 is 1.18 bits per heavy atom. The molecule has 4 N–H and O–H groups in total. The Morgan fingerprint density at radius 3 is 2.71 bits per heavy atom. The summed E-state index contributed by atoms with van der Waals surface area (Å²) in [6.07, 6.45) is 0. The van der Waals surface area contributed by atoms with Crippen LogP contribution in [-0.2, 0) is 6.61 Å². The van der Waals surface area contributed by atoms with Crippen LogP contribution in [0.25, 0.3) is 0 Å². The molecular formula is C11H11BrN4O. The number of nitrogens with zero attached hydrogens (tertiary/aromatic N) is 2. The lowest BCUT2D eigenvalue weighted by atomic mass is 10.2. The van der Waals surface area contributed by atoms with Crippen LogP contribution in [0.4, 0.5) is 11.8 Å². The van der Waals surface area contributed by atoms with Gasteiger partial charge in [-0.3, -0.25) is 0 Å². The zero-order chi connectivity index (χ0) is 12.3. The number of rotatable bonds is 3. The number of hydrogen-bond acceptors (Lipinski definition) is 5. The van der Waals surface area contributed by atoms with Gasteiger partial charge in [0.1, 0.15) is 12.4 Å². The number of aromatic nitrogens is 2. The van der Waals surface area contributed by atoms with Gasteiger partial charge in [0, 0.05) is 10.5 Å². The molecule has 1 heterocycles. The average molecular weight is 295 g/mol. The maximum atomic E-state index is 5.53. The van der Waals surface area contributed by atoms with Crippen molar-refractivity contribution in [1.82, 2.24) is 9.97 Å². The third kappa shape index (κ3) is 3.32. The maximum Gasteiger partial charge on any atom is 0.225 e. The van der Waals surface area contributed by atoms with Gasteiger partial charge in [-0.25, -0.2) is 0 Å². The number of nitrogens with two attached hydrogens (primary N) is 2. The summed E-state index contributed by atoms with van der Waals surface area (Å²) in [4.78, 5) is 7.68. The van der Waals surface area contributed by atoms with Crippen LogP contribution in [0.2, 0.25) is 0 Å². The molecule has 6 heteroatoms. The first kappa shape index (κ1) is 11.7. The van der Waals surface area contributed by atoms with Crippen molar-refractivity contribution in [2.75, 3.05) is 11.5 Å². The van der Waals surface area contributed by atoms with E-state index in [1.807, 2.05) is 24.3 Å². The monoisotopic (exact) mass is 294 g/mol. The second-order valence-corrected chi connectivity index (χ2v) is 4.32. The molecule has 0 radical (unpaired) electrons. The van der Waals surface area contributed by atoms with Crippen molar-refractivity contribution in [3.8, 4) is 5.88 Å². The highest BCUT2D eigenvalue weighted by molar-refractivity contribution is 9.10. The lowest BCUT2D eigenvalue weighted by Gasteiger charge is -2.06. The van der Waals surface area contributed by atoms with Gasteiger partial charge in [-0.2, -0.15) is 9.97 Å². The Morgan fingerprint density at radius 2 is 2.00 bits per heavy atom. The summed E-state index contributed by atoms with van der Waals surface area (Å²) >= 11 is 3.39. The van der Waals surface area contributed by atoms with E-state index >= 15 is 0 Å². The van der Waals surface area contributed by atoms with Crippen LogP contribution in [0, 0.1) is 0 Å². The molecule has 88 valence electrons.